The molecule has 3 N–H and O–H groups in total. The van der Waals surface area contributed by atoms with E-state index < -0.39 is 40.9 Å². The third-order valence-corrected chi connectivity index (χ3v) is 2.40. The molecule has 0 aliphatic carbocycles. The summed E-state index contributed by atoms with van der Waals surface area (Å²) >= 11 is 0. The molecule has 0 radical (unpaired) electrons. The van der Waals surface area contributed by atoms with E-state index in [9.17, 15) is 18.0 Å². The molecule has 9 heteroatoms. The van der Waals surface area contributed by atoms with E-state index in [0.29, 0.717) is 0 Å². The van der Waals surface area contributed by atoms with Crippen molar-refractivity contribution in [3.05, 3.63) is 0 Å². The highest BCUT2D eigenvalue weighted by Crippen LogP contribution is 1.95. The van der Waals surface area contributed by atoms with Crippen molar-refractivity contribution in [2.24, 2.45) is 0 Å². The fourth-order valence-corrected chi connectivity index (χ4v) is 1.56. The van der Waals surface area contributed by atoms with E-state index in [0.717, 1.165) is 4.90 Å². The van der Waals surface area contributed by atoms with Gasteiger partial charge >= 0.3 is 11.9 Å². The van der Waals surface area contributed by atoms with Crippen molar-refractivity contribution in [2.45, 2.75) is 6.42 Å². The van der Waals surface area contributed by atoms with Crippen molar-refractivity contribution in [3.8, 4) is 0 Å². The average molecular weight is 255 g/mol. The molecule has 0 saturated heterocycles. The lowest BCUT2D eigenvalue weighted by Crippen LogP contribution is -2.35. The normalized spacial score (nSPS) is 11.6. The molecule has 0 aliphatic rings. The summed E-state index contributed by atoms with van der Waals surface area (Å²) in [5, 5.41) is 16.9. The van der Waals surface area contributed by atoms with Crippen LogP contribution in [0.2, 0.25) is 0 Å². The fraction of sp³-hybridized carbons (Fsp3) is 0.714. The van der Waals surface area contributed by atoms with Crippen LogP contribution in [0.4, 0.5) is 0 Å². The third kappa shape index (κ3) is 9.37. The summed E-state index contributed by atoms with van der Waals surface area (Å²) in [5.41, 5.74) is 0. The van der Waals surface area contributed by atoms with E-state index in [1.54, 1.807) is 0 Å². The monoisotopic (exact) mass is 255 g/mol. The minimum atomic E-state index is -4.10. The molecule has 0 aliphatic heterocycles. The molecule has 0 saturated carbocycles. The third-order valence-electron chi connectivity index (χ3n) is 1.59. The summed E-state index contributed by atoms with van der Waals surface area (Å²) < 4.78 is 29.1. The van der Waals surface area contributed by atoms with Gasteiger partial charge in [-0.15, -0.1) is 0 Å². The molecule has 0 amide bonds. The summed E-state index contributed by atoms with van der Waals surface area (Å²) in [6.07, 6.45) is -0.0284. The van der Waals surface area contributed by atoms with Crippen molar-refractivity contribution in [2.75, 3.05) is 25.4 Å². The highest BCUT2D eigenvalue weighted by Gasteiger charge is 2.14. The van der Waals surface area contributed by atoms with E-state index in [1.807, 2.05) is 0 Å². The van der Waals surface area contributed by atoms with Crippen LogP contribution in [0.1, 0.15) is 6.42 Å². The lowest BCUT2D eigenvalue weighted by atomic mass is 10.4. The van der Waals surface area contributed by atoms with Gasteiger partial charge in [0.05, 0.1) is 18.8 Å². The van der Waals surface area contributed by atoms with E-state index in [2.05, 4.69) is 0 Å². The van der Waals surface area contributed by atoms with Crippen LogP contribution in [-0.4, -0.2) is 65.4 Å². The van der Waals surface area contributed by atoms with E-state index >= 15 is 0 Å². The quantitative estimate of drug-likeness (QED) is 0.457. The largest absolute Gasteiger partial charge is 0.480 e. The Morgan fingerprint density at radius 3 is 1.81 bits per heavy atom. The number of aliphatic carboxylic acids is 2. The number of carboxylic acid groups (broad SMARTS) is 2. The number of carbonyl (C=O) groups is 2. The lowest BCUT2D eigenvalue weighted by Gasteiger charge is -2.16. The maximum absolute atomic E-state index is 10.4. The summed E-state index contributed by atoms with van der Waals surface area (Å²) in [5.74, 6) is -2.93. The van der Waals surface area contributed by atoms with Crippen LogP contribution in [0.3, 0.4) is 0 Å². The minimum Gasteiger partial charge on any atom is -0.480 e. The van der Waals surface area contributed by atoms with Crippen LogP contribution in [0, 0.1) is 0 Å². The highest BCUT2D eigenvalue weighted by atomic mass is 32.2. The predicted molar refractivity (Wildman–Crippen MR) is 52.7 cm³/mol. The van der Waals surface area contributed by atoms with Crippen LogP contribution < -0.4 is 0 Å². The molecule has 0 aromatic rings. The Morgan fingerprint density at radius 2 is 1.50 bits per heavy atom. The molecule has 0 heterocycles. The van der Waals surface area contributed by atoms with Gasteiger partial charge in [-0.25, -0.2) is 0 Å². The zero-order valence-electron chi connectivity index (χ0n) is 8.37. The Morgan fingerprint density at radius 1 is 1.06 bits per heavy atom. The second-order valence-electron chi connectivity index (χ2n) is 3.14. The Hall–Kier alpha value is -1.19. The maximum atomic E-state index is 10.4. The van der Waals surface area contributed by atoms with Crippen LogP contribution in [0.15, 0.2) is 0 Å². The van der Waals surface area contributed by atoms with Gasteiger partial charge in [0.15, 0.2) is 0 Å². The van der Waals surface area contributed by atoms with Gasteiger partial charge in [-0.05, 0) is 6.42 Å². The summed E-state index contributed by atoms with van der Waals surface area (Å²) in [6.45, 7) is -1.01. The first-order chi connectivity index (χ1) is 7.20. The van der Waals surface area contributed by atoms with Crippen LogP contribution in [0.5, 0.6) is 0 Å². The zero-order chi connectivity index (χ0) is 12.8. The maximum Gasteiger partial charge on any atom is 0.317 e. The smallest absolute Gasteiger partial charge is 0.317 e. The Bertz CT molecular complexity index is 334. The molecule has 0 spiro atoms. The van der Waals surface area contributed by atoms with Crippen molar-refractivity contribution in [3.63, 3.8) is 0 Å². The van der Waals surface area contributed by atoms with Crippen molar-refractivity contribution < 1.29 is 32.8 Å². The molecule has 0 atom stereocenters. The molecular weight excluding hydrogens is 242 g/mol. The second-order valence-corrected chi connectivity index (χ2v) is 4.71. The molecule has 0 bridgehead atoms. The number of nitrogens with zero attached hydrogens (tertiary/aromatic N) is 1. The van der Waals surface area contributed by atoms with Gasteiger partial charge in [0.1, 0.15) is 0 Å². The van der Waals surface area contributed by atoms with E-state index in [-0.39, 0.29) is 13.0 Å². The number of carboxylic acids is 2. The van der Waals surface area contributed by atoms with Crippen LogP contribution in [0.25, 0.3) is 0 Å². The van der Waals surface area contributed by atoms with Gasteiger partial charge in [0.2, 0.25) is 0 Å². The molecule has 0 unspecified atom stereocenters. The minimum absolute atomic E-state index is 0.0284. The highest BCUT2D eigenvalue weighted by molar-refractivity contribution is 7.85. The predicted octanol–water partition coefficient (Wildman–Crippen LogP) is -1.26. The van der Waals surface area contributed by atoms with Crippen LogP contribution in [-0.2, 0) is 19.7 Å². The number of hydrogen-bond donors (Lipinski definition) is 3. The van der Waals surface area contributed by atoms with Gasteiger partial charge < -0.3 is 10.2 Å². The molecule has 0 aromatic carbocycles. The summed E-state index contributed by atoms with van der Waals surface area (Å²) in [4.78, 5) is 21.8. The summed E-state index contributed by atoms with van der Waals surface area (Å²) in [6, 6.07) is 0. The fourth-order valence-electron chi connectivity index (χ4n) is 1.07. The van der Waals surface area contributed by atoms with Crippen LogP contribution >= 0.6 is 0 Å². The Labute approximate surface area is 92.2 Å². The van der Waals surface area contributed by atoms with Gasteiger partial charge in [0, 0.05) is 6.54 Å². The molecule has 0 rings (SSSR count). The first-order valence-corrected chi connectivity index (χ1v) is 5.92. The number of rotatable bonds is 8. The van der Waals surface area contributed by atoms with Gasteiger partial charge in [-0.3, -0.25) is 19.0 Å². The van der Waals surface area contributed by atoms with E-state index in [1.165, 1.54) is 0 Å². The lowest BCUT2D eigenvalue weighted by molar-refractivity contribution is -0.141. The van der Waals surface area contributed by atoms with Gasteiger partial charge in [0.25, 0.3) is 10.1 Å². The molecule has 0 fully saturated rings. The van der Waals surface area contributed by atoms with Crippen molar-refractivity contribution >= 4 is 22.1 Å². The standard InChI is InChI=1S/C7H13NO7S/c9-6(10)4-8(5-7(11)12)2-1-3-16(13,14)15/h1-5H2,(H,9,10)(H,11,12)(H,13,14,15). The van der Waals surface area contributed by atoms with E-state index in [4.69, 9.17) is 14.8 Å². The Balaban J connectivity index is 4.11. The average Bonchev–Trinajstić information content (AvgIpc) is 1.98. The summed E-state index contributed by atoms with van der Waals surface area (Å²) in [7, 11) is -4.10. The first-order valence-electron chi connectivity index (χ1n) is 4.32. The Kier molecular flexibility index (Phi) is 5.93. The topological polar surface area (TPSA) is 132 Å². The SMILES string of the molecule is O=C(O)CN(CCCS(=O)(=O)O)CC(=O)O. The molecule has 94 valence electrons. The van der Waals surface area contributed by atoms with Crippen molar-refractivity contribution in [1.29, 1.82) is 0 Å². The van der Waals surface area contributed by atoms with Gasteiger partial charge in [-0.2, -0.15) is 8.42 Å². The first kappa shape index (κ1) is 14.8. The van der Waals surface area contributed by atoms with Crippen molar-refractivity contribution in [1.82, 2.24) is 4.90 Å². The zero-order valence-corrected chi connectivity index (χ0v) is 9.18. The molecule has 0 aromatic heterocycles. The molecule has 8 nitrogen and oxygen atoms in total. The molecule has 16 heavy (non-hydrogen) atoms. The molecular formula is C7H13NO7S. The second kappa shape index (κ2) is 6.40. The van der Waals surface area contributed by atoms with Gasteiger partial charge in [-0.1, -0.05) is 0 Å². The number of hydrogen-bond acceptors (Lipinski definition) is 5.